The summed E-state index contributed by atoms with van der Waals surface area (Å²) in [6.07, 6.45) is 2.18. The van der Waals surface area contributed by atoms with Crippen LogP contribution in [-0.2, 0) is 0 Å². The van der Waals surface area contributed by atoms with Crippen LogP contribution < -0.4 is 5.32 Å². The molecule has 2 rings (SSSR count). The molecule has 0 saturated carbocycles. The van der Waals surface area contributed by atoms with E-state index in [4.69, 9.17) is 0 Å². The molecule has 1 aromatic carbocycles. The molecular formula is C13H14N4O2S. The summed E-state index contributed by atoms with van der Waals surface area (Å²) in [5.41, 5.74) is -0.0825. The van der Waals surface area contributed by atoms with Crippen LogP contribution in [0.1, 0.15) is 13.3 Å². The number of nitrogens with one attached hydrogen (secondary N) is 1. The highest BCUT2D eigenvalue weighted by molar-refractivity contribution is 7.99. The first-order chi connectivity index (χ1) is 9.70. The second-order valence-corrected chi connectivity index (χ2v) is 5.05. The van der Waals surface area contributed by atoms with E-state index < -0.39 is 4.92 Å². The van der Waals surface area contributed by atoms with Crippen LogP contribution >= 0.6 is 11.8 Å². The Morgan fingerprint density at radius 2 is 2.10 bits per heavy atom. The fourth-order valence-corrected chi connectivity index (χ4v) is 2.36. The Balaban J connectivity index is 2.29. The van der Waals surface area contributed by atoms with E-state index in [0.717, 1.165) is 17.9 Å². The Kier molecular flexibility index (Phi) is 4.89. The van der Waals surface area contributed by atoms with Crippen LogP contribution in [0.3, 0.4) is 0 Å². The highest BCUT2D eigenvalue weighted by Gasteiger charge is 2.18. The van der Waals surface area contributed by atoms with Crippen LogP contribution in [0, 0.1) is 10.1 Å². The Morgan fingerprint density at radius 1 is 1.35 bits per heavy atom. The summed E-state index contributed by atoms with van der Waals surface area (Å²) >= 11 is 1.26. The van der Waals surface area contributed by atoms with Gasteiger partial charge in [0.2, 0.25) is 5.95 Å². The summed E-state index contributed by atoms with van der Waals surface area (Å²) in [6, 6.07) is 9.43. The first-order valence-corrected chi connectivity index (χ1v) is 7.00. The van der Waals surface area contributed by atoms with Gasteiger partial charge in [-0.25, -0.2) is 4.98 Å². The Labute approximate surface area is 120 Å². The number of aromatic nitrogens is 2. The summed E-state index contributed by atoms with van der Waals surface area (Å²) in [5, 5.41) is 14.4. The van der Waals surface area contributed by atoms with Gasteiger partial charge in [0, 0.05) is 11.4 Å². The minimum absolute atomic E-state index is 0.0825. The molecule has 0 bridgehead atoms. The van der Waals surface area contributed by atoms with E-state index in [9.17, 15) is 10.1 Å². The van der Waals surface area contributed by atoms with Crippen molar-refractivity contribution in [3.8, 4) is 0 Å². The summed E-state index contributed by atoms with van der Waals surface area (Å²) < 4.78 is 0. The van der Waals surface area contributed by atoms with Gasteiger partial charge in [-0.2, -0.15) is 4.98 Å². The number of anilines is 1. The van der Waals surface area contributed by atoms with Crippen molar-refractivity contribution in [2.75, 3.05) is 11.9 Å². The average Bonchev–Trinajstić information content (AvgIpc) is 2.46. The molecular weight excluding hydrogens is 276 g/mol. The second kappa shape index (κ2) is 6.85. The fourth-order valence-electron chi connectivity index (χ4n) is 1.48. The minimum atomic E-state index is -0.463. The van der Waals surface area contributed by atoms with E-state index in [1.165, 1.54) is 18.0 Å². The Hall–Kier alpha value is -2.15. The first-order valence-electron chi connectivity index (χ1n) is 6.19. The molecule has 0 atom stereocenters. The maximum Gasteiger partial charge on any atom is 0.320 e. The largest absolute Gasteiger partial charge is 0.354 e. The molecule has 104 valence electrons. The standard InChI is InChI=1S/C13H14N4O2S/c1-2-8-14-13-15-9-11(17(18)19)12(16-13)20-10-6-4-3-5-7-10/h3-7,9H,2,8H2,1H3,(H,14,15,16). The molecule has 0 aliphatic rings. The normalized spacial score (nSPS) is 10.2. The summed E-state index contributed by atoms with van der Waals surface area (Å²) in [7, 11) is 0. The molecule has 0 fully saturated rings. The van der Waals surface area contributed by atoms with Crippen LogP contribution in [0.4, 0.5) is 11.6 Å². The molecule has 2 aromatic rings. The SMILES string of the molecule is CCCNc1ncc([N+](=O)[O-])c(Sc2ccccc2)n1. The number of hydrogen-bond acceptors (Lipinski definition) is 6. The van der Waals surface area contributed by atoms with Crippen LogP contribution in [0.5, 0.6) is 0 Å². The highest BCUT2D eigenvalue weighted by Crippen LogP contribution is 2.32. The lowest BCUT2D eigenvalue weighted by molar-refractivity contribution is -0.388. The third-order valence-corrected chi connectivity index (χ3v) is 3.42. The van der Waals surface area contributed by atoms with Crippen molar-refractivity contribution in [3.05, 3.63) is 46.6 Å². The zero-order valence-corrected chi connectivity index (χ0v) is 11.8. The molecule has 0 unspecified atom stereocenters. The molecule has 1 aromatic heterocycles. The van der Waals surface area contributed by atoms with Gasteiger partial charge < -0.3 is 5.32 Å². The second-order valence-electron chi connectivity index (χ2n) is 3.98. The molecule has 0 saturated heterocycles. The zero-order valence-electron chi connectivity index (χ0n) is 10.9. The third kappa shape index (κ3) is 3.67. The van der Waals surface area contributed by atoms with E-state index in [0.29, 0.717) is 11.0 Å². The first kappa shape index (κ1) is 14.3. The maximum atomic E-state index is 11.0. The van der Waals surface area contributed by atoms with Gasteiger partial charge in [0.25, 0.3) is 0 Å². The molecule has 1 N–H and O–H groups in total. The fraction of sp³-hybridized carbons (Fsp3) is 0.231. The van der Waals surface area contributed by atoms with Gasteiger partial charge in [-0.3, -0.25) is 10.1 Å². The number of nitro groups is 1. The highest BCUT2D eigenvalue weighted by atomic mass is 32.2. The zero-order chi connectivity index (χ0) is 14.4. The van der Waals surface area contributed by atoms with Crippen molar-refractivity contribution >= 4 is 23.4 Å². The quantitative estimate of drug-likeness (QED) is 0.499. The van der Waals surface area contributed by atoms with Crippen molar-refractivity contribution in [3.63, 3.8) is 0 Å². The molecule has 20 heavy (non-hydrogen) atoms. The van der Waals surface area contributed by atoms with Crippen LogP contribution in [0.2, 0.25) is 0 Å². The predicted octanol–water partition coefficient (Wildman–Crippen LogP) is 3.36. The van der Waals surface area contributed by atoms with Crippen molar-refractivity contribution < 1.29 is 4.92 Å². The molecule has 7 heteroatoms. The van der Waals surface area contributed by atoms with Gasteiger partial charge in [-0.15, -0.1) is 0 Å². The molecule has 0 aliphatic carbocycles. The van der Waals surface area contributed by atoms with Crippen molar-refractivity contribution in [1.82, 2.24) is 9.97 Å². The van der Waals surface area contributed by atoms with Gasteiger partial charge in [-0.1, -0.05) is 36.9 Å². The number of hydrogen-bond donors (Lipinski definition) is 1. The maximum absolute atomic E-state index is 11.0. The Bertz CT molecular complexity index is 592. The number of benzene rings is 1. The lowest BCUT2D eigenvalue weighted by Crippen LogP contribution is -2.06. The van der Waals surface area contributed by atoms with E-state index in [-0.39, 0.29) is 5.69 Å². The molecule has 0 aliphatic heterocycles. The van der Waals surface area contributed by atoms with E-state index in [2.05, 4.69) is 15.3 Å². The molecule has 0 radical (unpaired) electrons. The smallest absolute Gasteiger partial charge is 0.320 e. The van der Waals surface area contributed by atoms with Gasteiger partial charge >= 0.3 is 5.69 Å². The predicted molar refractivity (Wildman–Crippen MR) is 78.0 cm³/mol. The summed E-state index contributed by atoms with van der Waals surface area (Å²) in [6.45, 7) is 2.76. The van der Waals surface area contributed by atoms with E-state index in [1.807, 2.05) is 37.3 Å². The van der Waals surface area contributed by atoms with Crippen molar-refractivity contribution in [2.45, 2.75) is 23.3 Å². The number of nitrogens with zero attached hydrogens (tertiary/aromatic N) is 3. The average molecular weight is 290 g/mol. The molecule has 0 spiro atoms. The lowest BCUT2D eigenvalue weighted by atomic mass is 10.4. The van der Waals surface area contributed by atoms with Crippen molar-refractivity contribution in [1.29, 1.82) is 0 Å². The van der Waals surface area contributed by atoms with E-state index in [1.54, 1.807) is 0 Å². The van der Waals surface area contributed by atoms with Gasteiger partial charge in [0.05, 0.1) is 4.92 Å². The molecule has 1 heterocycles. The van der Waals surface area contributed by atoms with E-state index >= 15 is 0 Å². The topological polar surface area (TPSA) is 81.0 Å². The van der Waals surface area contributed by atoms with Crippen LogP contribution in [-0.4, -0.2) is 21.4 Å². The Morgan fingerprint density at radius 3 is 2.75 bits per heavy atom. The summed E-state index contributed by atoms with van der Waals surface area (Å²) in [4.78, 5) is 19.7. The lowest BCUT2D eigenvalue weighted by Gasteiger charge is -2.06. The number of rotatable bonds is 6. The van der Waals surface area contributed by atoms with Crippen LogP contribution in [0.15, 0.2) is 46.5 Å². The van der Waals surface area contributed by atoms with Gasteiger partial charge in [0.15, 0.2) is 5.03 Å². The van der Waals surface area contributed by atoms with Crippen molar-refractivity contribution in [2.24, 2.45) is 0 Å². The summed E-state index contributed by atoms with van der Waals surface area (Å²) in [5.74, 6) is 0.413. The monoisotopic (exact) mass is 290 g/mol. The minimum Gasteiger partial charge on any atom is -0.354 e. The third-order valence-electron chi connectivity index (χ3n) is 2.42. The van der Waals surface area contributed by atoms with Gasteiger partial charge in [0.1, 0.15) is 6.20 Å². The molecule has 0 amide bonds. The van der Waals surface area contributed by atoms with Gasteiger partial charge in [-0.05, 0) is 18.6 Å². The van der Waals surface area contributed by atoms with Crippen LogP contribution in [0.25, 0.3) is 0 Å². The molecule has 6 nitrogen and oxygen atoms in total.